The molecule has 0 aliphatic carbocycles. The van der Waals surface area contributed by atoms with Crippen LogP contribution in [0.25, 0.3) is 0 Å². The quantitative estimate of drug-likeness (QED) is 0.405. The molecular formula is C4H12NNaO. The van der Waals surface area contributed by atoms with Crippen LogP contribution in [0.5, 0.6) is 0 Å². The summed E-state index contributed by atoms with van der Waals surface area (Å²) in [6.45, 7) is 2.98. The topological polar surface area (TPSA) is 56.0 Å². The van der Waals surface area contributed by atoms with Gasteiger partial charge in [-0.3, -0.25) is 0 Å². The van der Waals surface area contributed by atoms with E-state index in [-0.39, 0.29) is 35.0 Å². The first-order valence-corrected chi connectivity index (χ1v) is 2.12. The molecule has 7 heavy (non-hydrogen) atoms. The van der Waals surface area contributed by atoms with Gasteiger partial charge in [-0.05, 0) is 13.0 Å². The summed E-state index contributed by atoms with van der Waals surface area (Å²) in [4.78, 5) is 0. The molecule has 0 aromatic rings. The van der Waals surface area contributed by atoms with Gasteiger partial charge in [0.1, 0.15) is 0 Å². The van der Waals surface area contributed by atoms with Gasteiger partial charge in [-0.15, -0.1) is 0 Å². The number of nitrogens with two attached hydrogens (primary N) is 1. The first kappa shape index (κ1) is 15.7. The van der Waals surface area contributed by atoms with E-state index in [1.165, 1.54) is 12.8 Å². The zero-order chi connectivity index (χ0) is 4.12. The molecular weight excluding hydrogens is 101 g/mol. The molecule has 0 aromatic heterocycles. The van der Waals surface area contributed by atoms with E-state index >= 15 is 0 Å². The van der Waals surface area contributed by atoms with E-state index in [4.69, 9.17) is 5.73 Å². The standard InChI is InChI=1S/C4H11N.Na.H2O/c1-2-3-4-5;;/h2-5H2,1H3;;1H2/q;+1;/p-1. The van der Waals surface area contributed by atoms with Gasteiger partial charge in [0.2, 0.25) is 0 Å². The van der Waals surface area contributed by atoms with Crippen LogP contribution in [0.15, 0.2) is 0 Å². The number of hydrogen-bond acceptors (Lipinski definition) is 2. The summed E-state index contributed by atoms with van der Waals surface area (Å²) < 4.78 is 0. The van der Waals surface area contributed by atoms with Crippen LogP contribution in [0, 0.1) is 0 Å². The van der Waals surface area contributed by atoms with E-state index in [1.807, 2.05) is 0 Å². The molecule has 0 rings (SSSR count). The normalized spacial score (nSPS) is 6.00. The van der Waals surface area contributed by atoms with Gasteiger partial charge in [-0.2, -0.15) is 0 Å². The molecule has 3 heteroatoms. The van der Waals surface area contributed by atoms with Crippen molar-refractivity contribution in [3.05, 3.63) is 0 Å². The maximum Gasteiger partial charge on any atom is 1.00 e. The number of hydrogen-bond donors (Lipinski definition) is 1. The van der Waals surface area contributed by atoms with E-state index in [0.717, 1.165) is 6.54 Å². The van der Waals surface area contributed by atoms with Crippen molar-refractivity contribution >= 4 is 0 Å². The Morgan fingerprint density at radius 3 is 1.86 bits per heavy atom. The summed E-state index contributed by atoms with van der Waals surface area (Å²) in [5.74, 6) is 0. The Labute approximate surface area is 67.1 Å². The summed E-state index contributed by atoms with van der Waals surface area (Å²) in [5, 5.41) is 0. The van der Waals surface area contributed by atoms with Gasteiger partial charge in [-0.1, -0.05) is 13.3 Å². The number of rotatable bonds is 2. The van der Waals surface area contributed by atoms with Crippen LogP contribution in [-0.2, 0) is 0 Å². The maximum absolute atomic E-state index is 5.14. The van der Waals surface area contributed by atoms with Crippen molar-refractivity contribution in [1.29, 1.82) is 0 Å². The maximum atomic E-state index is 5.14. The Bertz CT molecular complexity index is 19.2. The Morgan fingerprint density at radius 1 is 1.43 bits per heavy atom. The van der Waals surface area contributed by atoms with Crippen molar-refractivity contribution in [2.45, 2.75) is 19.8 Å². The Morgan fingerprint density at radius 2 is 1.86 bits per heavy atom. The van der Waals surface area contributed by atoms with Gasteiger partial charge in [0.25, 0.3) is 0 Å². The number of unbranched alkanes of at least 4 members (excludes halogenated alkanes) is 1. The Balaban J connectivity index is -0.0000000800. The second kappa shape index (κ2) is 15.8. The SMILES string of the molecule is CCCCN.[Na+].[OH-]. The van der Waals surface area contributed by atoms with Crippen LogP contribution in [-0.4, -0.2) is 12.0 Å². The molecule has 0 saturated carbocycles. The molecule has 0 bridgehead atoms. The van der Waals surface area contributed by atoms with Gasteiger partial charge in [0.05, 0.1) is 0 Å². The van der Waals surface area contributed by atoms with Crippen molar-refractivity contribution in [1.82, 2.24) is 0 Å². The smallest absolute Gasteiger partial charge is 0.870 e. The monoisotopic (exact) mass is 113 g/mol. The molecule has 40 valence electrons. The second-order valence-electron chi connectivity index (χ2n) is 1.14. The fourth-order valence-electron chi connectivity index (χ4n) is 0.204. The zero-order valence-electron chi connectivity index (χ0n) is 5.15. The van der Waals surface area contributed by atoms with E-state index in [0.29, 0.717) is 0 Å². The van der Waals surface area contributed by atoms with Gasteiger partial charge in [0.15, 0.2) is 0 Å². The minimum absolute atomic E-state index is 0. The molecule has 2 nitrogen and oxygen atoms in total. The van der Waals surface area contributed by atoms with E-state index in [1.54, 1.807) is 0 Å². The van der Waals surface area contributed by atoms with E-state index < -0.39 is 0 Å². The van der Waals surface area contributed by atoms with E-state index in [9.17, 15) is 0 Å². The van der Waals surface area contributed by atoms with Crippen molar-refractivity contribution in [3.63, 3.8) is 0 Å². The average molecular weight is 113 g/mol. The third kappa shape index (κ3) is 19.6. The minimum Gasteiger partial charge on any atom is -0.870 e. The predicted molar refractivity (Wildman–Crippen MR) is 25.9 cm³/mol. The zero-order valence-corrected chi connectivity index (χ0v) is 7.15. The van der Waals surface area contributed by atoms with Crippen molar-refractivity contribution < 1.29 is 35.0 Å². The van der Waals surface area contributed by atoms with Gasteiger partial charge < -0.3 is 11.2 Å². The summed E-state index contributed by atoms with van der Waals surface area (Å²) >= 11 is 0. The van der Waals surface area contributed by atoms with Crippen LogP contribution in [0.3, 0.4) is 0 Å². The van der Waals surface area contributed by atoms with Gasteiger partial charge >= 0.3 is 29.6 Å². The van der Waals surface area contributed by atoms with Crippen molar-refractivity contribution in [2.75, 3.05) is 6.54 Å². The Hall–Kier alpha value is 0.920. The molecule has 0 spiro atoms. The molecule has 0 aromatic carbocycles. The van der Waals surface area contributed by atoms with Crippen LogP contribution in [0.1, 0.15) is 19.8 Å². The molecule has 0 radical (unpaired) electrons. The molecule has 0 amide bonds. The summed E-state index contributed by atoms with van der Waals surface area (Å²) in [5.41, 5.74) is 5.14. The fourth-order valence-corrected chi connectivity index (χ4v) is 0.204. The molecule has 0 aliphatic rings. The van der Waals surface area contributed by atoms with Gasteiger partial charge in [-0.25, -0.2) is 0 Å². The van der Waals surface area contributed by atoms with Crippen LogP contribution in [0.2, 0.25) is 0 Å². The molecule has 0 unspecified atom stereocenters. The summed E-state index contributed by atoms with van der Waals surface area (Å²) in [7, 11) is 0. The van der Waals surface area contributed by atoms with Crippen molar-refractivity contribution in [2.24, 2.45) is 5.73 Å². The van der Waals surface area contributed by atoms with Crippen molar-refractivity contribution in [3.8, 4) is 0 Å². The van der Waals surface area contributed by atoms with Crippen LogP contribution < -0.4 is 35.3 Å². The van der Waals surface area contributed by atoms with Crippen LogP contribution >= 0.6 is 0 Å². The molecule has 3 N–H and O–H groups in total. The molecule has 0 fully saturated rings. The second-order valence-corrected chi connectivity index (χ2v) is 1.14. The average Bonchev–Trinajstić information content (AvgIpc) is 1.41. The minimum atomic E-state index is 0. The fraction of sp³-hybridized carbons (Fsp3) is 1.00. The third-order valence-corrected chi connectivity index (χ3v) is 0.558. The first-order valence-electron chi connectivity index (χ1n) is 2.12. The largest absolute Gasteiger partial charge is 1.00 e. The van der Waals surface area contributed by atoms with Crippen LogP contribution in [0.4, 0.5) is 0 Å². The Kier molecular flexibility index (Phi) is 35.3. The predicted octanol–water partition coefficient (Wildman–Crippen LogP) is -2.43. The summed E-state index contributed by atoms with van der Waals surface area (Å²) in [6.07, 6.45) is 2.39. The third-order valence-electron chi connectivity index (χ3n) is 0.558. The molecule has 0 saturated heterocycles. The molecule has 0 heterocycles. The van der Waals surface area contributed by atoms with E-state index in [2.05, 4.69) is 6.92 Å². The molecule has 0 aliphatic heterocycles. The first-order chi connectivity index (χ1) is 2.41. The summed E-state index contributed by atoms with van der Waals surface area (Å²) in [6, 6.07) is 0. The van der Waals surface area contributed by atoms with Gasteiger partial charge in [0, 0.05) is 0 Å². The molecule has 0 atom stereocenters.